The number of esters is 6. The molecule has 3 rings (SSSR count). The van der Waals surface area contributed by atoms with Gasteiger partial charge in [-0.1, -0.05) is 0 Å². The summed E-state index contributed by atoms with van der Waals surface area (Å²) >= 11 is 0. The zero-order chi connectivity index (χ0) is 27.2. The zero-order valence-corrected chi connectivity index (χ0v) is 17.3. The molecule has 4 atom stereocenters. The van der Waals surface area contributed by atoms with Gasteiger partial charge in [-0.15, -0.1) is 0 Å². The van der Waals surface area contributed by atoms with E-state index in [9.17, 15) is 59.4 Å². The molecule has 3 aliphatic rings. The quantitative estimate of drug-likeness (QED) is 0.150. The molecule has 0 aromatic carbocycles. The van der Waals surface area contributed by atoms with E-state index in [1.54, 1.807) is 0 Å². The number of hydrogen-bond donors (Lipinski definition) is 6. The Balaban J connectivity index is 2.40. The molecule has 0 saturated carbocycles. The van der Waals surface area contributed by atoms with Gasteiger partial charge in [-0.25, -0.2) is 28.8 Å². The first-order valence-electron chi connectivity index (χ1n) is 9.19. The first-order chi connectivity index (χ1) is 16.5. The highest BCUT2D eigenvalue weighted by Gasteiger charge is 2.87. The van der Waals surface area contributed by atoms with Gasteiger partial charge in [0.05, 0.1) is 0 Å². The number of rotatable bonds is 3. The molecule has 3 aliphatic heterocycles. The Morgan fingerprint density at radius 2 is 0.778 bits per heavy atom. The van der Waals surface area contributed by atoms with E-state index in [0.717, 1.165) is 0 Å². The van der Waals surface area contributed by atoms with Crippen LogP contribution < -0.4 is 0 Å². The molecule has 0 aliphatic carbocycles. The highest BCUT2D eigenvalue weighted by molar-refractivity contribution is 5.95. The molecule has 0 aromatic heterocycles. The second-order valence-electron chi connectivity index (χ2n) is 6.98. The van der Waals surface area contributed by atoms with Gasteiger partial charge < -0.3 is 59.1 Å². The van der Waals surface area contributed by atoms with Gasteiger partial charge in [0.15, 0.2) is 0 Å². The Kier molecular flexibility index (Phi) is 6.22. The fraction of sp³-hybridized carbons (Fsp3) is 0.333. The van der Waals surface area contributed by atoms with E-state index in [2.05, 4.69) is 28.4 Å². The normalized spacial score (nSPS) is 38.3. The molecule has 18 heteroatoms. The fourth-order valence-electron chi connectivity index (χ4n) is 2.99. The molecular formula is C18H14O18. The van der Waals surface area contributed by atoms with Crippen LogP contribution in [0.3, 0.4) is 0 Å². The fourth-order valence-corrected chi connectivity index (χ4v) is 2.99. The van der Waals surface area contributed by atoms with Crippen molar-refractivity contribution in [3.8, 4) is 0 Å². The smallest absolute Gasteiger partial charge is 0.420 e. The number of carbonyl (C=O) groups excluding carboxylic acids is 6. The lowest BCUT2D eigenvalue weighted by Crippen LogP contribution is -2.85. The summed E-state index contributed by atoms with van der Waals surface area (Å²) in [4.78, 5) is 72.3. The van der Waals surface area contributed by atoms with Crippen molar-refractivity contribution in [2.75, 3.05) is 6.61 Å². The van der Waals surface area contributed by atoms with Gasteiger partial charge in [-0.2, -0.15) is 0 Å². The van der Waals surface area contributed by atoms with E-state index >= 15 is 0 Å². The minimum Gasteiger partial charge on any atom is -0.420 e. The highest BCUT2D eigenvalue weighted by atomic mass is 16.9. The topological polar surface area (TPSA) is 279 Å². The van der Waals surface area contributed by atoms with Crippen molar-refractivity contribution in [3.63, 3.8) is 0 Å². The second kappa shape index (κ2) is 8.48. The third-order valence-electron chi connectivity index (χ3n) is 4.65. The molecule has 18 nitrogen and oxygen atoms in total. The van der Waals surface area contributed by atoms with Crippen molar-refractivity contribution in [2.45, 2.75) is 29.1 Å². The van der Waals surface area contributed by atoms with E-state index in [-0.39, 0.29) is 18.2 Å². The van der Waals surface area contributed by atoms with E-state index in [0.29, 0.717) is 18.2 Å². The van der Waals surface area contributed by atoms with Crippen molar-refractivity contribution in [1.29, 1.82) is 0 Å². The summed E-state index contributed by atoms with van der Waals surface area (Å²) in [7, 11) is 0. The lowest BCUT2D eigenvalue weighted by Gasteiger charge is -2.53. The molecule has 0 fully saturated rings. The second-order valence-corrected chi connectivity index (χ2v) is 6.98. The Hall–Kier alpha value is -4.20. The predicted molar refractivity (Wildman–Crippen MR) is 95.8 cm³/mol. The highest BCUT2D eigenvalue weighted by Crippen LogP contribution is 2.49. The van der Waals surface area contributed by atoms with Gasteiger partial charge in [0.1, 0.15) is 6.61 Å². The minimum absolute atomic E-state index is 0.168. The van der Waals surface area contributed by atoms with Crippen LogP contribution in [0.1, 0.15) is 0 Å². The molecule has 0 spiro atoms. The van der Waals surface area contributed by atoms with E-state index in [1.807, 2.05) is 0 Å². The number of ether oxygens (including phenoxy) is 6. The van der Waals surface area contributed by atoms with Crippen molar-refractivity contribution < 1.29 is 87.8 Å². The zero-order valence-electron chi connectivity index (χ0n) is 17.3. The number of cyclic esters (lactones) is 6. The summed E-state index contributed by atoms with van der Waals surface area (Å²) < 4.78 is 26.2. The van der Waals surface area contributed by atoms with Gasteiger partial charge in [-0.3, -0.25) is 0 Å². The van der Waals surface area contributed by atoms with Crippen molar-refractivity contribution in [2.24, 2.45) is 0 Å². The number of hydrogen-bond acceptors (Lipinski definition) is 18. The number of aliphatic hydroxyl groups is 6. The third kappa shape index (κ3) is 3.88. The van der Waals surface area contributed by atoms with Crippen LogP contribution in [-0.4, -0.2) is 102 Å². The average Bonchev–Trinajstić information content (AvgIpc) is 2.91. The monoisotopic (exact) mass is 518 g/mol. The van der Waals surface area contributed by atoms with Gasteiger partial charge >= 0.3 is 64.9 Å². The van der Waals surface area contributed by atoms with Crippen LogP contribution in [0.15, 0.2) is 36.5 Å². The number of aliphatic hydroxyl groups excluding tert-OH is 1. The Morgan fingerprint density at radius 1 is 0.472 bits per heavy atom. The standard InChI is InChI=1S/C18H14O18/c19-7-14(26)15(27,32-9(21)2-1-8(20)31-14)16(28)17(29,34-11(23)4-3-10(22)33-16)18(30)35-12(24)5-6-13(25)36-18/h1-6,19,26-30H,7H2/b2-1-,4-3-/t14-,15+,16+,17+/m0/s1. The van der Waals surface area contributed by atoms with Crippen LogP contribution in [0.25, 0.3) is 0 Å². The van der Waals surface area contributed by atoms with Crippen LogP contribution in [0.2, 0.25) is 0 Å². The predicted octanol–water partition coefficient (Wildman–Crippen LogP) is -5.65. The molecular weight excluding hydrogens is 504 g/mol. The summed E-state index contributed by atoms with van der Waals surface area (Å²) in [6, 6.07) is 0. The van der Waals surface area contributed by atoms with Crippen LogP contribution in [0, 0.1) is 0 Å². The van der Waals surface area contributed by atoms with Gasteiger partial charge in [0, 0.05) is 36.5 Å². The SMILES string of the molecule is O=C1C=CC(=O)OC(O)([C@]2(O)OC(=O)/C=C\C(=O)O[C@]2(O)[C@]2(O)OC(=O)/C=C\C(=O)O[C@@]2(O)CO)O1. The molecule has 3 heterocycles. The molecule has 0 aromatic rings. The molecule has 6 N–H and O–H groups in total. The lowest BCUT2D eigenvalue weighted by atomic mass is 9.86. The van der Waals surface area contributed by atoms with Crippen molar-refractivity contribution >= 4 is 35.8 Å². The largest absolute Gasteiger partial charge is 0.451 e. The Bertz CT molecular complexity index is 1110. The first-order valence-corrected chi connectivity index (χ1v) is 9.19. The lowest BCUT2D eigenvalue weighted by molar-refractivity contribution is -0.556. The maximum absolute atomic E-state index is 12.2. The van der Waals surface area contributed by atoms with Crippen LogP contribution in [0.5, 0.6) is 0 Å². The Morgan fingerprint density at radius 3 is 1.17 bits per heavy atom. The average molecular weight is 518 g/mol. The molecule has 0 radical (unpaired) electrons. The maximum atomic E-state index is 12.2. The maximum Gasteiger partial charge on any atom is 0.451 e. The molecule has 194 valence electrons. The molecule has 0 saturated heterocycles. The molecule has 0 bridgehead atoms. The van der Waals surface area contributed by atoms with Gasteiger partial charge in [0.25, 0.3) is 0 Å². The summed E-state index contributed by atoms with van der Waals surface area (Å²) in [6.07, 6.45) is 1.43. The summed E-state index contributed by atoms with van der Waals surface area (Å²) in [6.45, 7) is -2.05. The van der Waals surface area contributed by atoms with Gasteiger partial charge in [-0.05, 0) is 0 Å². The molecule has 0 amide bonds. The minimum atomic E-state index is -4.89. The van der Waals surface area contributed by atoms with Crippen molar-refractivity contribution in [1.82, 2.24) is 0 Å². The summed E-state index contributed by atoms with van der Waals surface area (Å²) in [5, 5.41) is 65.0. The summed E-state index contributed by atoms with van der Waals surface area (Å²) in [5.41, 5.74) is 0. The summed E-state index contributed by atoms with van der Waals surface area (Å²) in [5.74, 6) is -34.0. The van der Waals surface area contributed by atoms with Crippen LogP contribution in [-0.2, 0) is 57.2 Å². The van der Waals surface area contributed by atoms with E-state index in [4.69, 9.17) is 0 Å². The number of carbonyl (C=O) groups is 6. The van der Waals surface area contributed by atoms with Gasteiger partial charge in [0.2, 0.25) is 0 Å². The van der Waals surface area contributed by atoms with Crippen molar-refractivity contribution in [3.05, 3.63) is 36.5 Å². The molecule has 36 heavy (non-hydrogen) atoms. The van der Waals surface area contributed by atoms with Crippen LogP contribution in [0.4, 0.5) is 0 Å². The third-order valence-corrected chi connectivity index (χ3v) is 4.65. The molecule has 0 unspecified atom stereocenters. The van der Waals surface area contributed by atoms with E-state index in [1.165, 1.54) is 0 Å². The first kappa shape index (κ1) is 26.4. The van der Waals surface area contributed by atoms with E-state index < -0.39 is 71.5 Å². The Labute approximate surface area is 196 Å². The van der Waals surface area contributed by atoms with Crippen LogP contribution >= 0.6 is 0 Å².